The van der Waals surface area contributed by atoms with E-state index in [0.717, 1.165) is 0 Å². The SMILES string of the molecule is Cl.Cl.Cl.O=[N+]([O-])[O-]. The number of halogens is 3. The van der Waals surface area contributed by atoms with Crippen LogP contribution in [0.3, 0.4) is 0 Å². The summed E-state index contributed by atoms with van der Waals surface area (Å²) in [5.74, 6) is 0. The van der Waals surface area contributed by atoms with Gasteiger partial charge in [-0.1, -0.05) is 0 Å². The molecular weight excluding hydrogens is 168 g/mol. The summed E-state index contributed by atoms with van der Waals surface area (Å²) < 4.78 is 0. The van der Waals surface area contributed by atoms with Crippen molar-refractivity contribution in [1.82, 2.24) is 0 Å². The van der Waals surface area contributed by atoms with E-state index in [4.69, 9.17) is 15.3 Å². The number of hydrogen-bond donors (Lipinski definition) is 0. The van der Waals surface area contributed by atoms with Crippen LogP contribution >= 0.6 is 37.2 Å². The van der Waals surface area contributed by atoms with E-state index in [1.54, 1.807) is 0 Å². The van der Waals surface area contributed by atoms with Crippen molar-refractivity contribution >= 4 is 37.2 Å². The molecule has 7 heteroatoms. The molecule has 0 unspecified atom stereocenters. The van der Waals surface area contributed by atoms with Crippen molar-refractivity contribution in [2.24, 2.45) is 0 Å². The molecule has 0 aromatic heterocycles. The van der Waals surface area contributed by atoms with Gasteiger partial charge in [0, 0.05) is 0 Å². The van der Waals surface area contributed by atoms with Gasteiger partial charge in [0.25, 0.3) is 0 Å². The van der Waals surface area contributed by atoms with Crippen molar-refractivity contribution in [3.8, 4) is 0 Å². The minimum Gasteiger partial charge on any atom is -0.356 e. The lowest BCUT2D eigenvalue weighted by Gasteiger charge is -1.74. The second kappa shape index (κ2) is 16.6. The molecule has 0 saturated carbocycles. The van der Waals surface area contributed by atoms with Crippen molar-refractivity contribution in [3.05, 3.63) is 15.3 Å². The second-order valence-corrected chi connectivity index (χ2v) is 0.224. The molecule has 4 nitrogen and oxygen atoms in total. The van der Waals surface area contributed by atoms with Gasteiger partial charge >= 0.3 is 0 Å². The van der Waals surface area contributed by atoms with Gasteiger partial charge in [-0.3, -0.25) is 0 Å². The van der Waals surface area contributed by atoms with Crippen molar-refractivity contribution in [1.29, 1.82) is 0 Å². The molecule has 0 fully saturated rings. The van der Waals surface area contributed by atoms with E-state index in [1.807, 2.05) is 0 Å². The van der Waals surface area contributed by atoms with E-state index < -0.39 is 5.09 Å². The molecule has 0 aromatic rings. The molecule has 48 valence electrons. The zero-order valence-corrected chi connectivity index (χ0v) is 5.35. The Morgan fingerprint density at radius 3 is 1.00 bits per heavy atom. The standard InChI is InChI=1S/3ClH.NO3/c;;;2-1(3)4/h3*1H;/q;;;-1. The Morgan fingerprint density at radius 2 is 1.00 bits per heavy atom. The Hall–Kier alpha value is 0.0700. The van der Waals surface area contributed by atoms with Crippen LogP contribution in [0.5, 0.6) is 0 Å². The normalized spacial score (nSPS) is 3.43. The van der Waals surface area contributed by atoms with Crippen LogP contribution in [0.25, 0.3) is 0 Å². The Balaban J connectivity index is -0.0000000150. The van der Waals surface area contributed by atoms with Crippen molar-refractivity contribution < 1.29 is 5.09 Å². The smallest absolute Gasteiger partial charge is 0.0689 e. The summed E-state index contributed by atoms with van der Waals surface area (Å²) >= 11 is 0. The fourth-order valence-electron chi connectivity index (χ4n) is 0. The number of hydrogen-bond acceptors (Lipinski definition) is 3. The van der Waals surface area contributed by atoms with Gasteiger partial charge in [-0.05, 0) is 0 Å². The minimum atomic E-state index is -1.75. The summed E-state index contributed by atoms with van der Waals surface area (Å²) in [6.45, 7) is 0. The summed E-state index contributed by atoms with van der Waals surface area (Å²) in [7, 11) is 0. The molecule has 0 heterocycles. The first-order valence-electron chi connectivity index (χ1n) is 0.548. The molecule has 0 amide bonds. The van der Waals surface area contributed by atoms with E-state index >= 15 is 0 Å². The van der Waals surface area contributed by atoms with Crippen LogP contribution < -0.4 is 0 Å². The summed E-state index contributed by atoms with van der Waals surface area (Å²) in [4.78, 5) is 8.25. The Labute approximate surface area is 58.2 Å². The van der Waals surface area contributed by atoms with E-state index in [1.165, 1.54) is 0 Å². The zero-order chi connectivity index (χ0) is 3.58. The molecule has 0 spiro atoms. The second-order valence-electron chi connectivity index (χ2n) is 0.224. The average Bonchev–Trinajstić information content (AvgIpc) is 0.811. The molecule has 0 aliphatic rings. The molecule has 0 bridgehead atoms. The summed E-state index contributed by atoms with van der Waals surface area (Å²) in [5.41, 5.74) is 0. The third kappa shape index (κ3) is 20500. The predicted octanol–water partition coefficient (Wildman–Crippen LogP) is 1.03. The van der Waals surface area contributed by atoms with Crippen LogP contribution in [-0.2, 0) is 0 Å². The van der Waals surface area contributed by atoms with Gasteiger partial charge in [-0.2, -0.15) is 0 Å². The average molecular weight is 171 g/mol. The highest BCUT2D eigenvalue weighted by Gasteiger charge is 1.45. The van der Waals surface area contributed by atoms with Gasteiger partial charge in [0.05, 0.1) is 5.09 Å². The van der Waals surface area contributed by atoms with E-state index in [-0.39, 0.29) is 37.2 Å². The van der Waals surface area contributed by atoms with Crippen LogP contribution in [0.1, 0.15) is 0 Å². The van der Waals surface area contributed by atoms with Crippen molar-refractivity contribution in [2.75, 3.05) is 0 Å². The Kier molecular flexibility index (Phi) is 65.4. The Morgan fingerprint density at radius 1 is 1.00 bits per heavy atom. The fraction of sp³-hybridized carbons (Fsp3) is 0. The van der Waals surface area contributed by atoms with E-state index in [2.05, 4.69) is 0 Å². The van der Waals surface area contributed by atoms with Crippen LogP contribution in [0.4, 0.5) is 0 Å². The molecule has 0 saturated heterocycles. The third-order valence-electron chi connectivity index (χ3n) is 0. The quantitative estimate of drug-likeness (QED) is 0.404. The van der Waals surface area contributed by atoms with Crippen molar-refractivity contribution in [2.45, 2.75) is 0 Å². The molecule has 0 N–H and O–H groups in total. The first kappa shape index (κ1) is 27.6. The zero-order valence-electron chi connectivity index (χ0n) is 2.90. The summed E-state index contributed by atoms with van der Waals surface area (Å²) in [5, 5.41) is 14.8. The van der Waals surface area contributed by atoms with Gasteiger partial charge in [0.2, 0.25) is 0 Å². The van der Waals surface area contributed by atoms with Gasteiger partial charge in [0.1, 0.15) is 0 Å². The highest BCUT2D eigenvalue weighted by Crippen LogP contribution is 1.44. The first-order chi connectivity index (χ1) is 1.73. The lowest BCUT2D eigenvalue weighted by atomic mass is 13.1. The molecule has 0 rings (SSSR count). The first-order valence-corrected chi connectivity index (χ1v) is 0.548. The molecule has 0 aliphatic carbocycles. The van der Waals surface area contributed by atoms with Crippen LogP contribution in [0.2, 0.25) is 0 Å². The lowest BCUT2D eigenvalue weighted by Crippen LogP contribution is -1.74. The third-order valence-corrected chi connectivity index (χ3v) is 0. The van der Waals surface area contributed by atoms with Crippen LogP contribution in [0, 0.1) is 15.3 Å². The fourth-order valence-corrected chi connectivity index (χ4v) is 0. The molecule has 0 atom stereocenters. The van der Waals surface area contributed by atoms with Crippen LogP contribution in [0.15, 0.2) is 0 Å². The maximum Gasteiger partial charge on any atom is 0.0689 e. The summed E-state index contributed by atoms with van der Waals surface area (Å²) in [6.07, 6.45) is 0. The summed E-state index contributed by atoms with van der Waals surface area (Å²) in [6, 6.07) is 0. The number of nitrogens with zero attached hydrogens (tertiary/aromatic N) is 1. The highest BCUT2D eigenvalue weighted by molar-refractivity contribution is 5.86. The largest absolute Gasteiger partial charge is 0.356 e. The molecular formula is H3Cl3NO3-. The topological polar surface area (TPSA) is 66.2 Å². The monoisotopic (exact) mass is 170 g/mol. The highest BCUT2D eigenvalue weighted by atomic mass is 35.5. The van der Waals surface area contributed by atoms with Gasteiger partial charge in [0.15, 0.2) is 0 Å². The van der Waals surface area contributed by atoms with Gasteiger partial charge < -0.3 is 15.3 Å². The Bertz CT molecular complexity index is 33.2. The predicted molar refractivity (Wildman–Crippen MR) is 32.1 cm³/mol. The number of rotatable bonds is 0. The molecule has 0 radical (unpaired) electrons. The maximum atomic E-state index is 8.25. The van der Waals surface area contributed by atoms with Crippen LogP contribution in [-0.4, -0.2) is 5.09 Å². The minimum absolute atomic E-state index is 0. The molecule has 7 heavy (non-hydrogen) atoms. The van der Waals surface area contributed by atoms with E-state index in [0.29, 0.717) is 0 Å². The molecule has 0 aliphatic heterocycles. The van der Waals surface area contributed by atoms with Gasteiger partial charge in [-0.15, -0.1) is 37.2 Å². The van der Waals surface area contributed by atoms with Gasteiger partial charge in [-0.25, -0.2) is 0 Å². The lowest BCUT2D eigenvalue weighted by molar-refractivity contribution is -0.402. The van der Waals surface area contributed by atoms with E-state index in [9.17, 15) is 0 Å². The van der Waals surface area contributed by atoms with Crippen molar-refractivity contribution in [3.63, 3.8) is 0 Å². The maximum absolute atomic E-state index is 8.25. The molecule has 0 aromatic carbocycles.